The standard InChI is InChI=1S/C22H29N3O3/c1-5-13-25(16-22(27)24(3)4)15-21(26)23-18-9-11-19(12-10-18)28-20-8-6-7-17(2)14-20/h6-12,14H,5,13,15-16H2,1-4H3,(H,23,26). The van der Waals surface area contributed by atoms with Gasteiger partial charge in [0.15, 0.2) is 0 Å². The van der Waals surface area contributed by atoms with E-state index in [0.29, 0.717) is 18.0 Å². The van der Waals surface area contributed by atoms with Crippen LogP contribution in [0.2, 0.25) is 0 Å². The summed E-state index contributed by atoms with van der Waals surface area (Å²) in [5.74, 6) is 1.32. The molecule has 6 heteroatoms. The maximum atomic E-state index is 12.4. The van der Waals surface area contributed by atoms with Gasteiger partial charge in [-0.15, -0.1) is 0 Å². The van der Waals surface area contributed by atoms with E-state index < -0.39 is 0 Å². The highest BCUT2D eigenvalue weighted by atomic mass is 16.5. The number of aryl methyl sites for hydroxylation is 1. The fourth-order valence-corrected chi connectivity index (χ4v) is 2.69. The van der Waals surface area contributed by atoms with Crippen LogP contribution in [0, 0.1) is 6.92 Å². The zero-order valence-corrected chi connectivity index (χ0v) is 17.1. The van der Waals surface area contributed by atoms with Crippen LogP contribution in [-0.4, -0.2) is 55.3 Å². The Morgan fingerprint density at radius 1 is 1.00 bits per heavy atom. The second-order valence-electron chi connectivity index (χ2n) is 6.99. The lowest BCUT2D eigenvalue weighted by molar-refractivity contribution is -0.130. The summed E-state index contributed by atoms with van der Waals surface area (Å²) in [5, 5.41) is 2.87. The van der Waals surface area contributed by atoms with Crippen LogP contribution < -0.4 is 10.1 Å². The molecule has 0 fully saturated rings. The minimum Gasteiger partial charge on any atom is -0.457 e. The molecule has 2 aromatic carbocycles. The molecule has 28 heavy (non-hydrogen) atoms. The van der Waals surface area contributed by atoms with Crippen LogP contribution in [0.5, 0.6) is 11.5 Å². The summed E-state index contributed by atoms with van der Waals surface area (Å²) >= 11 is 0. The van der Waals surface area contributed by atoms with Crippen molar-refractivity contribution in [3.8, 4) is 11.5 Å². The molecule has 0 radical (unpaired) electrons. The summed E-state index contributed by atoms with van der Waals surface area (Å²) in [6, 6.07) is 15.1. The molecule has 2 rings (SSSR count). The zero-order chi connectivity index (χ0) is 20.5. The Labute approximate surface area is 167 Å². The highest BCUT2D eigenvalue weighted by Gasteiger charge is 2.15. The molecule has 0 spiro atoms. The van der Waals surface area contributed by atoms with Crippen molar-refractivity contribution in [1.82, 2.24) is 9.80 Å². The number of anilines is 1. The minimum atomic E-state index is -0.146. The van der Waals surface area contributed by atoms with Gasteiger partial charge in [0.25, 0.3) is 0 Å². The molecule has 2 amide bonds. The topological polar surface area (TPSA) is 61.9 Å². The molecule has 0 heterocycles. The number of carbonyl (C=O) groups excluding carboxylic acids is 2. The molecule has 2 aromatic rings. The number of hydrogen-bond acceptors (Lipinski definition) is 4. The molecule has 0 aliphatic carbocycles. The smallest absolute Gasteiger partial charge is 0.238 e. The summed E-state index contributed by atoms with van der Waals surface area (Å²) in [5.41, 5.74) is 1.82. The Morgan fingerprint density at radius 2 is 1.71 bits per heavy atom. The lowest BCUT2D eigenvalue weighted by Gasteiger charge is -2.22. The van der Waals surface area contributed by atoms with Crippen molar-refractivity contribution in [3.63, 3.8) is 0 Å². The second kappa shape index (κ2) is 10.5. The fraction of sp³-hybridized carbons (Fsp3) is 0.364. The Hall–Kier alpha value is -2.86. The molecule has 0 saturated carbocycles. The molecular formula is C22H29N3O3. The van der Waals surface area contributed by atoms with Crippen molar-refractivity contribution < 1.29 is 14.3 Å². The second-order valence-corrected chi connectivity index (χ2v) is 6.99. The summed E-state index contributed by atoms with van der Waals surface area (Å²) in [6.45, 7) is 5.14. The number of rotatable bonds is 9. The van der Waals surface area contributed by atoms with E-state index in [1.807, 2.05) is 55.1 Å². The number of ether oxygens (including phenoxy) is 1. The van der Waals surface area contributed by atoms with Gasteiger partial charge in [-0.05, 0) is 61.9 Å². The monoisotopic (exact) mass is 383 g/mol. The van der Waals surface area contributed by atoms with Gasteiger partial charge in [0.1, 0.15) is 11.5 Å². The van der Waals surface area contributed by atoms with E-state index in [9.17, 15) is 9.59 Å². The summed E-state index contributed by atoms with van der Waals surface area (Å²) in [6.07, 6.45) is 0.874. The van der Waals surface area contributed by atoms with Crippen molar-refractivity contribution in [2.24, 2.45) is 0 Å². The third-order valence-electron chi connectivity index (χ3n) is 4.13. The van der Waals surface area contributed by atoms with Gasteiger partial charge in [0, 0.05) is 19.8 Å². The van der Waals surface area contributed by atoms with Gasteiger partial charge in [0.05, 0.1) is 13.1 Å². The molecule has 1 N–H and O–H groups in total. The van der Waals surface area contributed by atoms with Crippen LogP contribution in [0.3, 0.4) is 0 Å². The molecule has 0 aliphatic heterocycles. The molecule has 0 aliphatic rings. The van der Waals surface area contributed by atoms with Gasteiger partial charge in [0.2, 0.25) is 11.8 Å². The number of carbonyl (C=O) groups is 2. The Balaban J connectivity index is 1.91. The van der Waals surface area contributed by atoms with E-state index in [2.05, 4.69) is 5.32 Å². The minimum absolute atomic E-state index is 0.0149. The first-order valence-electron chi connectivity index (χ1n) is 9.44. The van der Waals surface area contributed by atoms with Crippen molar-refractivity contribution in [2.45, 2.75) is 20.3 Å². The number of nitrogens with zero attached hydrogens (tertiary/aromatic N) is 2. The predicted octanol–water partition coefficient (Wildman–Crippen LogP) is 3.53. The number of hydrogen-bond donors (Lipinski definition) is 1. The lowest BCUT2D eigenvalue weighted by Crippen LogP contribution is -2.41. The fourth-order valence-electron chi connectivity index (χ4n) is 2.69. The van der Waals surface area contributed by atoms with Gasteiger partial charge in [-0.3, -0.25) is 14.5 Å². The van der Waals surface area contributed by atoms with E-state index in [-0.39, 0.29) is 24.9 Å². The first-order chi connectivity index (χ1) is 13.4. The molecule has 0 atom stereocenters. The van der Waals surface area contributed by atoms with Crippen LogP contribution in [0.1, 0.15) is 18.9 Å². The van der Waals surface area contributed by atoms with E-state index >= 15 is 0 Å². The van der Waals surface area contributed by atoms with Gasteiger partial charge >= 0.3 is 0 Å². The normalized spacial score (nSPS) is 10.6. The lowest BCUT2D eigenvalue weighted by atomic mass is 10.2. The molecule has 0 saturated heterocycles. The van der Waals surface area contributed by atoms with E-state index in [1.165, 1.54) is 4.90 Å². The van der Waals surface area contributed by atoms with Crippen molar-refractivity contribution in [3.05, 3.63) is 54.1 Å². The average Bonchev–Trinajstić information content (AvgIpc) is 2.63. The SMILES string of the molecule is CCCN(CC(=O)Nc1ccc(Oc2cccc(C)c2)cc1)CC(=O)N(C)C. The van der Waals surface area contributed by atoms with Crippen LogP contribution in [-0.2, 0) is 9.59 Å². The molecule has 6 nitrogen and oxygen atoms in total. The van der Waals surface area contributed by atoms with Crippen molar-refractivity contribution in [1.29, 1.82) is 0 Å². The highest BCUT2D eigenvalue weighted by molar-refractivity contribution is 5.92. The molecule has 0 unspecified atom stereocenters. The van der Waals surface area contributed by atoms with Gasteiger partial charge in [-0.1, -0.05) is 19.1 Å². The Kier molecular flexibility index (Phi) is 8.02. The Morgan fingerprint density at radius 3 is 2.32 bits per heavy atom. The van der Waals surface area contributed by atoms with Crippen LogP contribution in [0.4, 0.5) is 5.69 Å². The van der Waals surface area contributed by atoms with Crippen LogP contribution in [0.25, 0.3) is 0 Å². The third kappa shape index (κ3) is 7.04. The summed E-state index contributed by atoms with van der Waals surface area (Å²) < 4.78 is 5.82. The maximum Gasteiger partial charge on any atom is 0.238 e. The summed E-state index contributed by atoms with van der Waals surface area (Å²) in [4.78, 5) is 27.7. The summed E-state index contributed by atoms with van der Waals surface area (Å²) in [7, 11) is 3.43. The highest BCUT2D eigenvalue weighted by Crippen LogP contribution is 2.23. The number of amides is 2. The van der Waals surface area contributed by atoms with Crippen LogP contribution >= 0.6 is 0 Å². The van der Waals surface area contributed by atoms with Crippen molar-refractivity contribution >= 4 is 17.5 Å². The number of benzene rings is 2. The van der Waals surface area contributed by atoms with Gasteiger partial charge < -0.3 is 15.0 Å². The van der Waals surface area contributed by atoms with Gasteiger partial charge in [-0.25, -0.2) is 0 Å². The zero-order valence-electron chi connectivity index (χ0n) is 17.1. The van der Waals surface area contributed by atoms with Crippen LogP contribution in [0.15, 0.2) is 48.5 Å². The molecule has 0 aromatic heterocycles. The first-order valence-corrected chi connectivity index (χ1v) is 9.44. The van der Waals surface area contributed by atoms with E-state index in [0.717, 1.165) is 17.7 Å². The van der Waals surface area contributed by atoms with E-state index in [4.69, 9.17) is 4.74 Å². The predicted molar refractivity (Wildman–Crippen MR) is 112 cm³/mol. The van der Waals surface area contributed by atoms with Crippen molar-refractivity contribution in [2.75, 3.05) is 39.0 Å². The third-order valence-corrected chi connectivity index (χ3v) is 4.13. The largest absolute Gasteiger partial charge is 0.457 e. The number of likely N-dealkylation sites (N-methyl/N-ethyl adjacent to an activating group) is 1. The molecule has 150 valence electrons. The first kappa shape index (κ1) is 21.4. The Bertz CT molecular complexity index is 788. The molecule has 0 bridgehead atoms. The quantitative estimate of drug-likeness (QED) is 0.720. The van der Waals surface area contributed by atoms with Gasteiger partial charge in [-0.2, -0.15) is 0 Å². The van der Waals surface area contributed by atoms with E-state index in [1.54, 1.807) is 26.2 Å². The number of nitrogens with one attached hydrogen (secondary N) is 1. The molecular weight excluding hydrogens is 354 g/mol. The maximum absolute atomic E-state index is 12.4. The average molecular weight is 383 g/mol.